The normalized spacial score (nSPS) is 19.7. The van der Waals surface area contributed by atoms with Crippen LogP contribution in [0.15, 0.2) is 65.1 Å². The molecule has 0 spiro atoms. The van der Waals surface area contributed by atoms with Crippen molar-refractivity contribution in [2.24, 2.45) is 11.8 Å². The third-order valence-corrected chi connectivity index (χ3v) is 5.90. The van der Waals surface area contributed by atoms with Gasteiger partial charge in [0.2, 0.25) is 0 Å². The lowest BCUT2D eigenvalue weighted by molar-refractivity contribution is -0.142. The zero-order valence-corrected chi connectivity index (χ0v) is 17.7. The second-order valence-corrected chi connectivity index (χ2v) is 8.18. The molecule has 0 unspecified atom stereocenters. The van der Waals surface area contributed by atoms with Gasteiger partial charge in [-0.25, -0.2) is 9.48 Å². The van der Waals surface area contributed by atoms with Gasteiger partial charge in [-0.2, -0.15) is 5.10 Å². The topological polar surface area (TPSA) is 94.3 Å². The van der Waals surface area contributed by atoms with Crippen LogP contribution in [0.5, 0.6) is 0 Å². The number of carboxylic acids is 1. The lowest BCUT2D eigenvalue weighted by atomic mass is 9.82. The molecular formula is C25H25N3O4. The molecule has 1 fully saturated rings. The number of pyridine rings is 1. The second kappa shape index (κ2) is 10.2. The molecule has 1 saturated carbocycles. The van der Waals surface area contributed by atoms with E-state index in [-0.39, 0.29) is 12.2 Å². The van der Waals surface area contributed by atoms with Crippen LogP contribution in [-0.4, -0.2) is 39.1 Å². The molecule has 2 aliphatic rings. The van der Waals surface area contributed by atoms with Crippen molar-refractivity contribution in [2.75, 3.05) is 13.2 Å². The van der Waals surface area contributed by atoms with Crippen molar-refractivity contribution in [2.45, 2.75) is 32.2 Å². The highest BCUT2D eigenvalue weighted by molar-refractivity contribution is 5.84. The standard InChI is InChI=1S/C25H25N3O4/c29-23-14-22(20-4-2-1-3-5-20)25(21-10-12-26-13-11-21)27-28(23)15-18-6-8-19(9-7-18)16-32-17-24(30)31/h2,4-5,10-14,18-19H,6-9,15-17H2,(H,30,31). The van der Waals surface area contributed by atoms with Gasteiger partial charge >= 0.3 is 5.97 Å². The molecule has 0 amide bonds. The molecule has 0 saturated heterocycles. The fourth-order valence-corrected chi connectivity index (χ4v) is 4.22. The Labute approximate surface area is 186 Å². The molecule has 1 N–H and O–H groups in total. The van der Waals surface area contributed by atoms with Gasteiger partial charge < -0.3 is 9.84 Å². The first-order valence-corrected chi connectivity index (χ1v) is 10.8. The number of nitrogens with zero attached hydrogens (tertiary/aromatic N) is 3. The summed E-state index contributed by atoms with van der Waals surface area (Å²) in [5.74, 6) is -0.216. The third kappa shape index (κ3) is 5.40. The third-order valence-electron chi connectivity index (χ3n) is 5.90. The Morgan fingerprint density at radius 1 is 1.16 bits per heavy atom. The highest BCUT2D eigenvalue weighted by Gasteiger charge is 2.23. The molecule has 0 atom stereocenters. The first-order valence-electron chi connectivity index (χ1n) is 10.8. The molecule has 0 aromatic carbocycles. The van der Waals surface area contributed by atoms with E-state index >= 15 is 0 Å². The van der Waals surface area contributed by atoms with Crippen LogP contribution >= 0.6 is 0 Å². The van der Waals surface area contributed by atoms with E-state index in [2.05, 4.69) is 16.4 Å². The van der Waals surface area contributed by atoms with Gasteiger partial charge in [0, 0.05) is 36.1 Å². The minimum Gasteiger partial charge on any atom is -0.480 e. The molecule has 7 heteroatoms. The van der Waals surface area contributed by atoms with E-state index < -0.39 is 5.97 Å². The average Bonchev–Trinajstić information content (AvgIpc) is 2.82. The number of carboxylic acid groups (broad SMARTS) is 1. The number of rotatable bonds is 8. The minimum atomic E-state index is -0.941. The molecule has 7 nitrogen and oxygen atoms in total. The Kier molecular flexibility index (Phi) is 6.93. The molecule has 4 rings (SSSR count). The van der Waals surface area contributed by atoms with Crippen molar-refractivity contribution in [3.63, 3.8) is 0 Å². The summed E-state index contributed by atoms with van der Waals surface area (Å²) in [4.78, 5) is 27.6. The van der Waals surface area contributed by atoms with Crippen LogP contribution in [0.1, 0.15) is 31.2 Å². The van der Waals surface area contributed by atoms with Crippen LogP contribution in [0.4, 0.5) is 0 Å². The maximum atomic E-state index is 12.9. The quantitative estimate of drug-likeness (QED) is 0.643. The Bertz CT molecular complexity index is 1160. The second-order valence-electron chi connectivity index (χ2n) is 8.18. The van der Waals surface area contributed by atoms with Crippen LogP contribution in [-0.2, 0) is 16.1 Å². The number of aromatic nitrogens is 3. The van der Waals surface area contributed by atoms with Gasteiger partial charge in [0.05, 0.1) is 12.3 Å². The minimum absolute atomic E-state index is 0.127. The summed E-state index contributed by atoms with van der Waals surface area (Å²) in [7, 11) is 0. The van der Waals surface area contributed by atoms with E-state index in [1.807, 2.05) is 18.2 Å². The molecule has 0 bridgehead atoms. The van der Waals surface area contributed by atoms with Crippen LogP contribution < -0.4 is 5.56 Å². The van der Waals surface area contributed by atoms with Gasteiger partial charge in [0.1, 0.15) is 6.61 Å². The van der Waals surface area contributed by atoms with Crippen molar-refractivity contribution < 1.29 is 14.6 Å². The molecule has 2 aromatic heterocycles. The lowest BCUT2D eigenvalue weighted by Crippen LogP contribution is -2.30. The molecular weight excluding hydrogens is 406 g/mol. The van der Waals surface area contributed by atoms with Crippen molar-refractivity contribution in [1.82, 2.24) is 14.8 Å². The lowest BCUT2D eigenvalue weighted by Gasteiger charge is -2.28. The first kappa shape index (κ1) is 21.7. The summed E-state index contributed by atoms with van der Waals surface area (Å²) in [5.41, 5.74) is 8.98. The number of hydrogen-bond acceptors (Lipinski definition) is 5. The van der Waals surface area contributed by atoms with Gasteiger partial charge in [-0.15, -0.1) is 0 Å². The van der Waals surface area contributed by atoms with E-state index in [1.54, 1.807) is 35.3 Å². The highest BCUT2D eigenvalue weighted by atomic mass is 16.5. The van der Waals surface area contributed by atoms with Crippen LogP contribution in [0.2, 0.25) is 0 Å². The number of carbonyl (C=O) groups is 1. The largest absolute Gasteiger partial charge is 0.480 e. The van der Waals surface area contributed by atoms with Crippen LogP contribution in [0, 0.1) is 11.8 Å². The summed E-state index contributed by atoms with van der Waals surface area (Å²) in [6.07, 6.45) is 12.8. The predicted octanol–water partition coefficient (Wildman–Crippen LogP) is 3.48. The van der Waals surface area contributed by atoms with Gasteiger partial charge in [0.25, 0.3) is 5.56 Å². The molecule has 2 heterocycles. The Morgan fingerprint density at radius 3 is 2.59 bits per heavy atom. The molecule has 0 aliphatic heterocycles. The predicted molar refractivity (Wildman–Crippen MR) is 120 cm³/mol. The average molecular weight is 431 g/mol. The Balaban J connectivity index is 1.51. The molecule has 0 radical (unpaired) electrons. The number of hydrogen-bond donors (Lipinski definition) is 1. The number of aliphatic carboxylic acids is 1. The highest BCUT2D eigenvalue weighted by Crippen LogP contribution is 2.31. The van der Waals surface area contributed by atoms with E-state index in [1.165, 1.54) is 0 Å². The fraction of sp³-hybridized carbons (Fsp3) is 0.360. The zero-order chi connectivity index (χ0) is 22.3. The van der Waals surface area contributed by atoms with Gasteiger partial charge in [-0.05, 0) is 73.5 Å². The Hall–Kier alpha value is -3.50. The van der Waals surface area contributed by atoms with Gasteiger partial charge in [-0.3, -0.25) is 9.78 Å². The monoisotopic (exact) mass is 431 g/mol. The van der Waals surface area contributed by atoms with E-state index in [0.29, 0.717) is 25.0 Å². The summed E-state index contributed by atoms with van der Waals surface area (Å²) < 4.78 is 6.82. The maximum Gasteiger partial charge on any atom is 0.329 e. The summed E-state index contributed by atoms with van der Waals surface area (Å²) >= 11 is 0. The summed E-state index contributed by atoms with van der Waals surface area (Å²) in [6.45, 7) is 0.790. The smallest absolute Gasteiger partial charge is 0.329 e. The fourth-order valence-electron chi connectivity index (χ4n) is 4.22. The number of ether oxygens (including phenoxy) is 1. The van der Waals surface area contributed by atoms with Crippen molar-refractivity contribution >= 4 is 11.5 Å². The SMILES string of the molecule is O=C(O)COCC1CCC(Cn2nc(-c3ccncc3)c(C3=CC=C=C=C3)cc2=O)CC1. The maximum absolute atomic E-state index is 12.9. The van der Waals surface area contributed by atoms with Crippen molar-refractivity contribution in [3.8, 4) is 11.3 Å². The van der Waals surface area contributed by atoms with Gasteiger partial charge in [0.15, 0.2) is 0 Å². The zero-order valence-electron chi connectivity index (χ0n) is 17.7. The van der Waals surface area contributed by atoms with Gasteiger partial charge in [-0.1, -0.05) is 11.5 Å². The van der Waals surface area contributed by atoms with Crippen LogP contribution in [0.3, 0.4) is 0 Å². The molecule has 2 aliphatic carbocycles. The van der Waals surface area contributed by atoms with E-state index in [0.717, 1.165) is 48.1 Å². The van der Waals surface area contributed by atoms with E-state index in [4.69, 9.17) is 14.9 Å². The molecule has 32 heavy (non-hydrogen) atoms. The first-order chi connectivity index (χ1) is 15.6. The molecule has 2 aromatic rings. The van der Waals surface area contributed by atoms with E-state index in [9.17, 15) is 9.59 Å². The summed E-state index contributed by atoms with van der Waals surface area (Å²) in [6, 6.07) is 5.43. The summed E-state index contributed by atoms with van der Waals surface area (Å²) in [5, 5.41) is 13.5. The van der Waals surface area contributed by atoms with Crippen molar-refractivity contribution in [1.29, 1.82) is 0 Å². The van der Waals surface area contributed by atoms with Crippen LogP contribution in [0.25, 0.3) is 16.8 Å². The van der Waals surface area contributed by atoms with Crippen molar-refractivity contribution in [3.05, 3.63) is 76.2 Å². The molecule has 164 valence electrons. The Morgan fingerprint density at radius 2 is 1.91 bits per heavy atom. The number of allylic oxidation sites excluding steroid dienone is 4.